The normalized spacial score (nSPS) is 13.0. The van der Waals surface area contributed by atoms with Crippen LogP contribution in [0.3, 0.4) is 0 Å². The van der Waals surface area contributed by atoms with Gasteiger partial charge in [-0.25, -0.2) is 8.42 Å². The summed E-state index contributed by atoms with van der Waals surface area (Å²) in [5.74, 6) is 0. The number of nitrogens with two attached hydrogens (primary N) is 1. The topological polar surface area (TPSA) is 72.2 Å². The van der Waals surface area contributed by atoms with Gasteiger partial charge in [0.05, 0.1) is 10.6 Å². The van der Waals surface area contributed by atoms with E-state index in [-0.39, 0.29) is 10.9 Å². The molecule has 0 aliphatic rings. The summed E-state index contributed by atoms with van der Waals surface area (Å²) in [6.45, 7) is 3.75. The second-order valence-corrected chi connectivity index (χ2v) is 7.49. The van der Waals surface area contributed by atoms with Crippen molar-refractivity contribution in [2.45, 2.75) is 24.8 Å². The highest BCUT2D eigenvalue weighted by atomic mass is 79.9. The van der Waals surface area contributed by atoms with Gasteiger partial charge in [0.15, 0.2) is 0 Å². The molecule has 3 N–H and O–H groups in total. The molecular weight excluding hydrogens is 352 g/mol. The van der Waals surface area contributed by atoms with Crippen molar-refractivity contribution >= 4 is 31.6 Å². The van der Waals surface area contributed by atoms with Crippen molar-refractivity contribution in [2.75, 3.05) is 4.72 Å². The lowest BCUT2D eigenvalue weighted by Gasteiger charge is -2.12. The molecule has 0 radical (unpaired) electrons. The van der Waals surface area contributed by atoms with Crippen LogP contribution in [-0.2, 0) is 10.0 Å². The Kier molecular flexibility index (Phi) is 4.70. The summed E-state index contributed by atoms with van der Waals surface area (Å²) in [6, 6.07) is 11.9. The van der Waals surface area contributed by atoms with Crippen LogP contribution in [-0.4, -0.2) is 8.42 Å². The van der Waals surface area contributed by atoms with Crippen LogP contribution in [0, 0.1) is 6.92 Å². The molecule has 0 aliphatic carbocycles. The molecule has 4 nitrogen and oxygen atoms in total. The fourth-order valence-electron chi connectivity index (χ4n) is 1.87. The van der Waals surface area contributed by atoms with E-state index in [4.69, 9.17) is 5.73 Å². The van der Waals surface area contributed by atoms with Crippen molar-refractivity contribution in [1.82, 2.24) is 0 Å². The van der Waals surface area contributed by atoms with Gasteiger partial charge in [0.2, 0.25) is 0 Å². The predicted molar refractivity (Wildman–Crippen MR) is 88.7 cm³/mol. The van der Waals surface area contributed by atoms with E-state index in [2.05, 4.69) is 20.7 Å². The Hall–Kier alpha value is -1.37. The van der Waals surface area contributed by atoms with Crippen molar-refractivity contribution in [3.05, 3.63) is 58.1 Å². The highest BCUT2D eigenvalue weighted by Crippen LogP contribution is 2.26. The number of nitrogens with one attached hydrogen (secondary N) is 1. The highest BCUT2D eigenvalue weighted by molar-refractivity contribution is 9.10. The van der Waals surface area contributed by atoms with E-state index >= 15 is 0 Å². The van der Waals surface area contributed by atoms with Gasteiger partial charge in [0, 0.05) is 10.5 Å². The maximum absolute atomic E-state index is 12.4. The smallest absolute Gasteiger partial charge is 0.261 e. The average molecular weight is 369 g/mol. The van der Waals surface area contributed by atoms with E-state index in [0.717, 1.165) is 11.1 Å². The van der Waals surface area contributed by atoms with Gasteiger partial charge >= 0.3 is 0 Å². The summed E-state index contributed by atoms with van der Waals surface area (Å²) in [4.78, 5) is 0.199. The van der Waals surface area contributed by atoms with E-state index < -0.39 is 10.0 Å². The van der Waals surface area contributed by atoms with Gasteiger partial charge in [-0.2, -0.15) is 0 Å². The molecule has 0 amide bonds. The third-order valence-electron chi connectivity index (χ3n) is 3.06. The Bertz CT molecular complexity index is 758. The summed E-state index contributed by atoms with van der Waals surface area (Å²) >= 11 is 3.36. The quantitative estimate of drug-likeness (QED) is 0.865. The van der Waals surface area contributed by atoms with E-state index in [1.165, 1.54) is 0 Å². The lowest BCUT2D eigenvalue weighted by molar-refractivity contribution is 0.601. The number of sulfonamides is 1. The number of halogens is 1. The van der Waals surface area contributed by atoms with Crippen molar-refractivity contribution < 1.29 is 8.42 Å². The fourth-order valence-corrected chi connectivity index (χ4v) is 3.73. The first-order chi connectivity index (χ1) is 9.79. The minimum Gasteiger partial charge on any atom is -0.324 e. The van der Waals surface area contributed by atoms with Crippen LogP contribution >= 0.6 is 15.9 Å². The zero-order valence-corrected chi connectivity index (χ0v) is 14.2. The monoisotopic (exact) mass is 368 g/mol. The van der Waals surface area contributed by atoms with Crippen molar-refractivity contribution in [3.8, 4) is 0 Å². The SMILES string of the molecule is Cc1ccc(NS(=O)(=O)c2cccc(C(C)N)c2)c(Br)c1. The number of hydrogen-bond donors (Lipinski definition) is 2. The first kappa shape index (κ1) is 16.0. The molecule has 0 saturated carbocycles. The van der Waals surface area contributed by atoms with E-state index in [1.54, 1.807) is 24.3 Å². The van der Waals surface area contributed by atoms with Crippen LogP contribution in [0.4, 0.5) is 5.69 Å². The van der Waals surface area contributed by atoms with Gasteiger partial charge < -0.3 is 5.73 Å². The van der Waals surface area contributed by atoms with E-state index in [0.29, 0.717) is 10.2 Å². The molecule has 0 fully saturated rings. The Morgan fingerprint density at radius 1 is 1.19 bits per heavy atom. The number of hydrogen-bond acceptors (Lipinski definition) is 3. The number of benzene rings is 2. The summed E-state index contributed by atoms with van der Waals surface area (Å²) in [5.41, 5.74) is 8.13. The Morgan fingerprint density at radius 3 is 2.52 bits per heavy atom. The molecule has 21 heavy (non-hydrogen) atoms. The van der Waals surface area contributed by atoms with Gasteiger partial charge in [-0.3, -0.25) is 4.72 Å². The molecule has 0 heterocycles. The van der Waals surface area contributed by atoms with Gasteiger partial charge in [0.25, 0.3) is 10.0 Å². The third-order valence-corrected chi connectivity index (χ3v) is 5.08. The molecule has 0 bridgehead atoms. The molecule has 2 rings (SSSR count). The lowest BCUT2D eigenvalue weighted by Crippen LogP contribution is -2.14. The van der Waals surface area contributed by atoms with Crippen molar-refractivity contribution in [1.29, 1.82) is 0 Å². The Labute approximate surface area is 133 Å². The molecular formula is C15H17BrN2O2S. The molecule has 1 unspecified atom stereocenters. The second-order valence-electron chi connectivity index (χ2n) is 4.95. The van der Waals surface area contributed by atoms with Crippen LogP contribution < -0.4 is 10.5 Å². The number of rotatable bonds is 4. The molecule has 0 aliphatic heterocycles. The molecule has 112 valence electrons. The molecule has 6 heteroatoms. The Morgan fingerprint density at radius 2 is 1.90 bits per heavy atom. The molecule has 0 aromatic heterocycles. The first-order valence-electron chi connectivity index (χ1n) is 6.44. The summed E-state index contributed by atoms with van der Waals surface area (Å²) in [5, 5.41) is 0. The predicted octanol–water partition coefficient (Wildman–Crippen LogP) is 3.58. The van der Waals surface area contributed by atoms with Crippen LogP contribution in [0.2, 0.25) is 0 Å². The van der Waals surface area contributed by atoms with E-state index in [9.17, 15) is 8.42 Å². The highest BCUT2D eigenvalue weighted by Gasteiger charge is 2.16. The maximum atomic E-state index is 12.4. The molecule has 2 aromatic rings. The third kappa shape index (κ3) is 3.84. The van der Waals surface area contributed by atoms with Gasteiger partial charge in [-0.15, -0.1) is 0 Å². The van der Waals surface area contributed by atoms with Crippen LogP contribution in [0.15, 0.2) is 51.8 Å². The molecule has 1 atom stereocenters. The first-order valence-corrected chi connectivity index (χ1v) is 8.72. The van der Waals surface area contributed by atoms with Crippen molar-refractivity contribution in [3.63, 3.8) is 0 Å². The number of aryl methyl sites for hydroxylation is 1. The molecule has 0 saturated heterocycles. The maximum Gasteiger partial charge on any atom is 0.261 e. The zero-order valence-electron chi connectivity index (χ0n) is 11.8. The van der Waals surface area contributed by atoms with Gasteiger partial charge in [-0.05, 0) is 65.2 Å². The minimum atomic E-state index is -3.64. The zero-order chi connectivity index (χ0) is 15.6. The largest absolute Gasteiger partial charge is 0.324 e. The van der Waals surface area contributed by atoms with Gasteiger partial charge in [-0.1, -0.05) is 18.2 Å². The minimum absolute atomic E-state index is 0.199. The molecule has 0 spiro atoms. The van der Waals surface area contributed by atoms with E-state index in [1.807, 2.05) is 32.0 Å². The average Bonchev–Trinajstić information content (AvgIpc) is 2.42. The lowest BCUT2D eigenvalue weighted by atomic mass is 10.1. The van der Waals surface area contributed by atoms with Crippen LogP contribution in [0.5, 0.6) is 0 Å². The standard InChI is InChI=1S/C15H17BrN2O2S/c1-10-6-7-15(14(16)8-10)18-21(19,20)13-5-3-4-12(9-13)11(2)17/h3-9,11,18H,17H2,1-2H3. The summed E-state index contributed by atoms with van der Waals surface area (Å²) in [7, 11) is -3.64. The van der Waals surface area contributed by atoms with Crippen LogP contribution in [0.1, 0.15) is 24.1 Å². The summed E-state index contributed by atoms with van der Waals surface area (Å²) < 4.78 is 28.2. The Balaban J connectivity index is 2.36. The van der Waals surface area contributed by atoms with Gasteiger partial charge in [0.1, 0.15) is 0 Å². The van der Waals surface area contributed by atoms with Crippen LogP contribution in [0.25, 0.3) is 0 Å². The molecule has 2 aromatic carbocycles. The second kappa shape index (κ2) is 6.17. The summed E-state index contributed by atoms with van der Waals surface area (Å²) in [6.07, 6.45) is 0. The van der Waals surface area contributed by atoms with Crippen molar-refractivity contribution in [2.24, 2.45) is 5.73 Å². The fraction of sp³-hybridized carbons (Fsp3) is 0.200. The number of anilines is 1.